The van der Waals surface area contributed by atoms with Gasteiger partial charge in [0.15, 0.2) is 0 Å². The Labute approximate surface area is 393 Å². The summed E-state index contributed by atoms with van der Waals surface area (Å²) < 4.78 is 61.8. The number of benzene rings is 3. The number of anilines is 4. The van der Waals surface area contributed by atoms with Gasteiger partial charge in [0.05, 0.1) is 46.9 Å². The molecule has 0 unspecified atom stereocenters. The van der Waals surface area contributed by atoms with Crippen LogP contribution in [0.1, 0.15) is 62.4 Å². The number of carbonyl (C=O) groups is 1. The maximum Gasteiger partial charge on any atom is 0.293 e. The first-order chi connectivity index (χ1) is 32.0. The minimum Gasteiger partial charge on any atom is -0.473 e. The molecule has 0 bridgehead atoms. The van der Waals surface area contributed by atoms with Gasteiger partial charge >= 0.3 is 0 Å². The number of aromatic amines is 1. The van der Waals surface area contributed by atoms with E-state index in [2.05, 4.69) is 50.8 Å². The van der Waals surface area contributed by atoms with Crippen molar-refractivity contribution in [1.82, 2.24) is 19.6 Å². The van der Waals surface area contributed by atoms with Crippen molar-refractivity contribution in [2.45, 2.75) is 63.3 Å². The highest BCUT2D eigenvalue weighted by Crippen LogP contribution is 2.44. The molecule has 9 rings (SSSR count). The van der Waals surface area contributed by atoms with Gasteiger partial charge in [0.2, 0.25) is 11.7 Å². The van der Waals surface area contributed by atoms with Gasteiger partial charge in [0.1, 0.15) is 23.6 Å². The molecule has 0 spiro atoms. The van der Waals surface area contributed by atoms with Crippen molar-refractivity contribution in [3.8, 4) is 5.88 Å². The molecule has 19 heteroatoms. The number of fused-ring (bicyclic) bond motifs is 2. The van der Waals surface area contributed by atoms with E-state index in [1.807, 2.05) is 48.2 Å². The second-order valence-electron chi connectivity index (χ2n) is 18.5. The van der Waals surface area contributed by atoms with Crippen molar-refractivity contribution in [2.75, 3.05) is 80.8 Å². The number of ether oxygens (including phenoxy) is 3. The summed E-state index contributed by atoms with van der Waals surface area (Å²) in [5.41, 5.74) is 6.09. The van der Waals surface area contributed by atoms with E-state index in [-0.39, 0.29) is 42.6 Å². The summed E-state index contributed by atoms with van der Waals surface area (Å²) in [5, 5.41) is 16.4. The van der Waals surface area contributed by atoms with Crippen LogP contribution in [0.5, 0.6) is 5.88 Å². The van der Waals surface area contributed by atoms with Crippen molar-refractivity contribution in [3.05, 3.63) is 111 Å². The first-order valence-electron chi connectivity index (χ1n) is 22.5. The van der Waals surface area contributed by atoms with Crippen LogP contribution in [0.15, 0.2) is 89.5 Å². The van der Waals surface area contributed by atoms with E-state index in [1.165, 1.54) is 16.7 Å². The number of nitro groups is 1. The Morgan fingerprint density at radius 2 is 1.81 bits per heavy atom. The van der Waals surface area contributed by atoms with Gasteiger partial charge in [0.25, 0.3) is 21.6 Å². The number of H-pyrrole nitrogens is 1. The van der Waals surface area contributed by atoms with E-state index in [1.54, 1.807) is 12.3 Å². The van der Waals surface area contributed by atoms with Crippen LogP contribution in [-0.4, -0.2) is 112 Å². The lowest BCUT2D eigenvalue weighted by molar-refractivity contribution is -0.384. The molecule has 2 aromatic heterocycles. The zero-order chi connectivity index (χ0) is 47.1. The number of aromatic nitrogens is 2. The van der Waals surface area contributed by atoms with Crippen LogP contribution < -0.4 is 24.6 Å². The third kappa shape index (κ3) is 10.2. The normalized spacial score (nSPS) is 21.4. The van der Waals surface area contributed by atoms with Crippen LogP contribution in [0, 0.1) is 15.5 Å². The van der Waals surface area contributed by atoms with E-state index >= 15 is 4.39 Å². The van der Waals surface area contributed by atoms with Gasteiger partial charge in [-0.05, 0) is 97.3 Å². The first-order valence-corrected chi connectivity index (χ1v) is 24.4. The van der Waals surface area contributed by atoms with Gasteiger partial charge in [-0.3, -0.25) is 19.8 Å². The number of nitrogens with one attached hydrogen (secondary N) is 3. The summed E-state index contributed by atoms with van der Waals surface area (Å²) in [7, 11) is -4.69. The van der Waals surface area contributed by atoms with E-state index in [0.717, 1.165) is 73.2 Å². The molecule has 2 saturated heterocycles. The van der Waals surface area contributed by atoms with Crippen molar-refractivity contribution in [3.63, 3.8) is 0 Å². The Kier molecular flexibility index (Phi) is 12.9. The van der Waals surface area contributed by atoms with Crippen LogP contribution >= 0.6 is 11.6 Å². The maximum atomic E-state index is 15.1. The number of nitro benzene ring substituents is 1. The standard InChI is InChI=1S/C48H54ClFN8O8S/c1-31-14-17-57(43-24-33-13-16-51-44(33)53-46(43)66-31)41-25-36(56-20-18-55(19-21-56)28-34-12-15-47(2,3)27-39(34)32-4-6-35(49)7-5-32)8-10-38(41)45(59)54-67(62,63)37-9-11-40(42(26-37)58(60)61)52-29-48(50)30-64-22-23-65-48/h4-11,13,16,24-26,31,52H,12,14-15,17-23,27-30H2,1-3H3,(H,51,53)(H,54,59)/t31-,48-/m0/s1. The third-order valence-electron chi connectivity index (χ3n) is 13.0. The number of piperazine rings is 1. The molecule has 5 aromatic rings. The summed E-state index contributed by atoms with van der Waals surface area (Å²) in [6, 6.07) is 20.4. The predicted molar refractivity (Wildman–Crippen MR) is 256 cm³/mol. The van der Waals surface area contributed by atoms with Crippen molar-refractivity contribution >= 4 is 72.6 Å². The van der Waals surface area contributed by atoms with Crippen molar-refractivity contribution in [2.24, 2.45) is 5.41 Å². The number of nitrogens with zero attached hydrogens (tertiary/aromatic N) is 5. The van der Waals surface area contributed by atoms with Crippen LogP contribution in [-0.2, 0) is 19.5 Å². The molecule has 0 radical (unpaired) electrons. The average molecular weight is 958 g/mol. The van der Waals surface area contributed by atoms with Crippen molar-refractivity contribution < 1.29 is 36.7 Å². The first kappa shape index (κ1) is 46.3. The molecular weight excluding hydrogens is 903 g/mol. The Morgan fingerprint density at radius 1 is 1.01 bits per heavy atom. The minimum absolute atomic E-state index is 0.00864. The molecule has 2 fully saturated rings. The van der Waals surface area contributed by atoms with Gasteiger partial charge in [-0.25, -0.2) is 17.5 Å². The second-order valence-corrected chi connectivity index (χ2v) is 20.6. The Balaban J connectivity index is 0.997. The number of rotatable bonds is 12. The molecule has 0 saturated carbocycles. The van der Waals surface area contributed by atoms with E-state index in [4.69, 9.17) is 30.8 Å². The Morgan fingerprint density at radius 3 is 2.55 bits per heavy atom. The van der Waals surface area contributed by atoms with Crippen LogP contribution in [0.3, 0.4) is 0 Å². The number of hydrogen-bond donors (Lipinski definition) is 3. The Bertz CT molecular complexity index is 2830. The summed E-state index contributed by atoms with van der Waals surface area (Å²) in [4.78, 5) is 39.9. The highest BCUT2D eigenvalue weighted by molar-refractivity contribution is 7.90. The molecule has 1 amide bonds. The van der Waals surface area contributed by atoms with Crippen LogP contribution in [0.4, 0.5) is 32.8 Å². The number of hydrogen-bond acceptors (Lipinski definition) is 13. The Hall–Kier alpha value is -5.79. The summed E-state index contributed by atoms with van der Waals surface area (Å²) in [6.07, 6.45) is 5.27. The molecule has 354 valence electrons. The van der Waals surface area contributed by atoms with Gasteiger partial charge in [-0.2, -0.15) is 4.98 Å². The van der Waals surface area contributed by atoms with E-state index < -0.39 is 43.8 Å². The zero-order valence-electron chi connectivity index (χ0n) is 37.6. The molecule has 3 N–H and O–H groups in total. The van der Waals surface area contributed by atoms with Crippen molar-refractivity contribution in [1.29, 1.82) is 0 Å². The van der Waals surface area contributed by atoms with Crippen LogP contribution in [0.25, 0.3) is 16.6 Å². The number of alkyl halides is 1. The summed E-state index contributed by atoms with van der Waals surface area (Å²) in [5.74, 6) is -2.82. The summed E-state index contributed by atoms with van der Waals surface area (Å²) in [6.45, 7) is 10.3. The fourth-order valence-electron chi connectivity index (χ4n) is 9.29. The van der Waals surface area contributed by atoms with E-state index in [9.17, 15) is 23.3 Å². The largest absolute Gasteiger partial charge is 0.473 e. The molecule has 16 nitrogen and oxygen atoms in total. The van der Waals surface area contributed by atoms with E-state index in [0.29, 0.717) is 49.0 Å². The second kappa shape index (κ2) is 18.7. The fourth-order valence-corrected chi connectivity index (χ4v) is 10.4. The molecule has 1 aliphatic carbocycles. The SMILES string of the molecule is C[C@H]1CCN(c2cc(N3CCN(CC4=C(c5ccc(Cl)cc5)CC(C)(C)CC4)CC3)ccc2C(=O)NS(=O)(=O)c2ccc(NC[C@@]3(F)COCCO3)c([N+](=O)[O-])c2)c2cc3cc[nH]c3nc2O1. The highest BCUT2D eigenvalue weighted by atomic mass is 35.5. The molecule has 67 heavy (non-hydrogen) atoms. The third-order valence-corrected chi connectivity index (χ3v) is 14.6. The number of pyridine rings is 1. The number of amides is 1. The number of allylic oxidation sites excluding steroid dienone is 1. The number of carbonyl (C=O) groups excluding carboxylic acids is 1. The minimum atomic E-state index is -4.69. The quantitative estimate of drug-likeness (QED) is 0.0800. The molecule has 3 aliphatic heterocycles. The smallest absolute Gasteiger partial charge is 0.293 e. The molecule has 5 heterocycles. The lowest BCUT2D eigenvalue weighted by Crippen LogP contribution is -2.47. The summed E-state index contributed by atoms with van der Waals surface area (Å²) >= 11 is 6.27. The number of sulfonamides is 1. The molecule has 4 aliphatic rings. The predicted octanol–water partition coefficient (Wildman–Crippen LogP) is 8.46. The number of halogens is 2. The maximum absolute atomic E-state index is 15.1. The fraction of sp³-hybridized carbons (Fsp3) is 0.417. The topological polar surface area (TPSA) is 185 Å². The monoisotopic (exact) mass is 956 g/mol. The molecular formula is C48H54ClFN8O8S. The van der Waals surface area contributed by atoms with Crippen LogP contribution in [0.2, 0.25) is 5.02 Å². The molecule has 2 atom stereocenters. The van der Waals surface area contributed by atoms with Gasteiger partial charge in [-0.15, -0.1) is 0 Å². The zero-order valence-corrected chi connectivity index (χ0v) is 39.2. The van der Waals surface area contributed by atoms with Gasteiger partial charge < -0.3 is 34.3 Å². The van der Waals surface area contributed by atoms with Gasteiger partial charge in [-0.1, -0.05) is 43.2 Å². The molecule has 3 aromatic carbocycles. The average Bonchev–Trinajstić information content (AvgIpc) is 3.70. The lowest BCUT2D eigenvalue weighted by Gasteiger charge is -2.39. The van der Waals surface area contributed by atoms with Gasteiger partial charge in [0, 0.05) is 74.0 Å². The highest BCUT2D eigenvalue weighted by Gasteiger charge is 2.36. The lowest BCUT2D eigenvalue weighted by atomic mass is 9.72.